The van der Waals surface area contributed by atoms with Gasteiger partial charge in [0.1, 0.15) is 0 Å². The summed E-state index contributed by atoms with van der Waals surface area (Å²) in [5, 5.41) is 9.80. The van der Waals surface area contributed by atoms with Crippen molar-refractivity contribution < 1.29 is 19.4 Å². The minimum absolute atomic E-state index is 0.0203. The topological polar surface area (TPSA) is 66.8 Å². The van der Waals surface area contributed by atoms with Gasteiger partial charge < -0.3 is 14.7 Å². The van der Waals surface area contributed by atoms with Crippen LogP contribution < -0.4 is 0 Å². The third-order valence-electron chi connectivity index (χ3n) is 4.98. The number of carboxylic acids is 1. The van der Waals surface area contributed by atoms with Crippen LogP contribution in [0, 0.1) is 5.92 Å². The Hall–Kier alpha value is -1.59. The van der Waals surface area contributed by atoms with Crippen molar-refractivity contribution in [1.29, 1.82) is 0 Å². The maximum atomic E-state index is 13.2. The smallest absolute Gasteiger partial charge is 0.308 e. The Kier molecular flexibility index (Phi) is 4.60. The molecule has 3 rings (SSSR count). The van der Waals surface area contributed by atoms with Gasteiger partial charge in [-0.05, 0) is 37.0 Å². The molecule has 23 heavy (non-hydrogen) atoms. The minimum atomic E-state index is -0.826. The fraction of sp³-hybridized carbons (Fsp3) is 0.529. The molecule has 0 aliphatic carbocycles. The fourth-order valence-corrected chi connectivity index (χ4v) is 3.69. The van der Waals surface area contributed by atoms with E-state index in [1.54, 1.807) is 17.0 Å². The largest absolute Gasteiger partial charge is 0.481 e. The number of ether oxygens (including phenoxy) is 1. The number of carbonyl (C=O) groups excluding carboxylic acids is 1. The summed E-state index contributed by atoms with van der Waals surface area (Å²) in [7, 11) is 0. The maximum absolute atomic E-state index is 13.2. The van der Waals surface area contributed by atoms with Gasteiger partial charge in [-0.1, -0.05) is 23.7 Å². The molecule has 1 aromatic carbocycles. The van der Waals surface area contributed by atoms with E-state index < -0.39 is 17.3 Å². The SMILES string of the molecule is O=C(O)[C@@H]1CCN(C(=O)C2(c3ccc(Cl)cc3)CCOCC2)C1. The van der Waals surface area contributed by atoms with E-state index in [2.05, 4.69) is 0 Å². The van der Waals surface area contributed by atoms with Crippen LogP contribution in [-0.4, -0.2) is 48.2 Å². The molecule has 0 spiro atoms. The molecule has 1 atom stereocenters. The Bertz CT molecular complexity index is 595. The zero-order chi connectivity index (χ0) is 16.4. The molecular weight excluding hydrogens is 318 g/mol. The molecule has 2 aliphatic rings. The van der Waals surface area contributed by atoms with E-state index in [1.807, 2.05) is 12.1 Å². The minimum Gasteiger partial charge on any atom is -0.481 e. The van der Waals surface area contributed by atoms with Crippen LogP contribution in [0.25, 0.3) is 0 Å². The van der Waals surface area contributed by atoms with Gasteiger partial charge in [-0.2, -0.15) is 0 Å². The van der Waals surface area contributed by atoms with Gasteiger partial charge in [-0.3, -0.25) is 9.59 Å². The van der Waals surface area contributed by atoms with Crippen LogP contribution in [0.2, 0.25) is 5.02 Å². The standard InChI is InChI=1S/C17H20ClNO4/c18-14-3-1-13(2-4-14)17(6-9-23-10-7-17)16(22)19-8-5-12(11-19)15(20)21/h1-4,12H,5-11H2,(H,20,21)/t12-/m1/s1. The molecule has 0 saturated carbocycles. The Labute approximate surface area is 140 Å². The van der Waals surface area contributed by atoms with Crippen LogP contribution in [0.5, 0.6) is 0 Å². The van der Waals surface area contributed by atoms with E-state index in [0.717, 1.165) is 5.56 Å². The van der Waals surface area contributed by atoms with Crippen LogP contribution in [0.15, 0.2) is 24.3 Å². The molecule has 0 radical (unpaired) electrons. The highest BCUT2D eigenvalue weighted by Gasteiger charge is 2.46. The van der Waals surface area contributed by atoms with Gasteiger partial charge >= 0.3 is 5.97 Å². The predicted molar refractivity (Wildman–Crippen MR) is 85.5 cm³/mol. The van der Waals surface area contributed by atoms with E-state index in [4.69, 9.17) is 21.4 Å². The van der Waals surface area contributed by atoms with Crippen molar-refractivity contribution >= 4 is 23.5 Å². The summed E-state index contributed by atoms with van der Waals surface area (Å²) in [5.74, 6) is -1.26. The zero-order valence-electron chi connectivity index (χ0n) is 12.8. The number of nitrogens with zero attached hydrogens (tertiary/aromatic N) is 1. The zero-order valence-corrected chi connectivity index (χ0v) is 13.6. The van der Waals surface area contributed by atoms with Crippen LogP contribution in [-0.2, 0) is 19.7 Å². The number of rotatable bonds is 3. The molecule has 0 bridgehead atoms. The first-order chi connectivity index (χ1) is 11.0. The molecule has 0 unspecified atom stereocenters. The molecular formula is C17H20ClNO4. The monoisotopic (exact) mass is 337 g/mol. The number of hydrogen-bond acceptors (Lipinski definition) is 3. The second-order valence-electron chi connectivity index (χ2n) is 6.28. The van der Waals surface area contributed by atoms with Crippen molar-refractivity contribution in [3.63, 3.8) is 0 Å². The Balaban J connectivity index is 1.88. The first-order valence-corrected chi connectivity index (χ1v) is 8.27. The van der Waals surface area contributed by atoms with Crippen LogP contribution in [0.1, 0.15) is 24.8 Å². The van der Waals surface area contributed by atoms with E-state index in [0.29, 0.717) is 50.6 Å². The summed E-state index contributed by atoms with van der Waals surface area (Å²) in [6.45, 7) is 1.87. The summed E-state index contributed by atoms with van der Waals surface area (Å²) in [5.41, 5.74) is 0.310. The van der Waals surface area contributed by atoms with Crippen LogP contribution in [0.3, 0.4) is 0 Å². The number of hydrogen-bond donors (Lipinski definition) is 1. The number of likely N-dealkylation sites (tertiary alicyclic amines) is 1. The normalized spacial score (nSPS) is 23.7. The molecule has 5 nitrogen and oxygen atoms in total. The number of amides is 1. The van der Waals surface area contributed by atoms with Gasteiger partial charge in [-0.15, -0.1) is 0 Å². The van der Waals surface area contributed by atoms with Crippen molar-refractivity contribution in [1.82, 2.24) is 4.90 Å². The van der Waals surface area contributed by atoms with E-state index in [1.165, 1.54) is 0 Å². The van der Waals surface area contributed by atoms with E-state index in [-0.39, 0.29) is 5.91 Å². The third-order valence-corrected chi connectivity index (χ3v) is 5.23. The van der Waals surface area contributed by atoms with Gasteiger partial charge in [-0.25, -0.2) is 0 Å². The summed E-state index contributed by atoms with van der Waals surface area (Å²) < 4.78 is 5.45. The summed E-state index contributed by atoms with van der Waals surface area (Å²) in [6.07, 6.45) is 1.75. The molecule has 1 N–H and O–H groups in total. The second kappa shape index (κ2) is 6.49. The summed E-state index contributed by atoms with van der Waals surface area (Å²) in [6, 6.07) is 7.39. The van der Waals surface area contributed by atoms with Gasteiger partial charge in [0.05, 0.1) is 11.3 Å². The molecule has 124 valence electrons. The van der Waals surface area contributed by atoms with Crippen LogP contribution >= 0.6 is 11.6 Å². The van der Waals surface area contributed by atoms with E-state index >= 15 is 0 Å². The predicted octanol–water partition coefficient (Wildman–Crippen LogP) is 2.32. The molecule has 0 aromatic heterocycles. The number of carbonyl (C=O) groups is 2. The number of halogens is 1. The summed E-state index contributed by atoms with van der Waals surface area (Å²) >= 11 is 5.97. The highest BCUT2D eigenvalue weighted by molar-refractivity contribution is 6.30. The van der Waals surface area contributed by atoms with Gasteiger partial charge in [0.15, 0.2) is 0 Å². The first kappa shape index (κ1) is 16.3. The summed E-state index contributed by atoms with van der Waals surface area (Å²) in [4.78, 5) is 26.1. The molecule has 2 aliphatic heterocycles. The van der Waals surface area contributed by atoms with Crippen LogP contribution in [0.4, 0.5) is 0 Å². The Morgan fingerprint density at radius 3 is 2.43 bits per heavy atom. The lowest BCUT2D eigenvalue weighted by molar-refractivity contribution is -0.143. The van der Waals surface area contributed by atoms with Crippen molar-refractivity contribution in [3.8, 4) is 0 Å². The highest BCUT2D eigenvalue weighted by Crippen LogP contribution is 2.38. The van der Waals surface area contributed by atoms with Crippen molar-refractivity contribution in [2.75, 3.05) is 26.3 Å². The lowest BCUT2D eigenvalue weighted by Gasteiger charge is -2.39. The Morgan fingerprint density at radius 1 is 1.22 bits per heavy atom. The van der Waals surface area contributed by atoms with Gasteiger partial charge in [0, 0.05) is 31.3 Å². The number of benzene rings is 1. The Morgan fingerprint density at radius 2 is 1.87 bits per heavy atom. The number of carboxylic acid groups (broad SMARTS) is 1. The average molecular weight is 338 g/mol. The van der Waals surface area contributed by atoms with Crippen molar-refractivity contribution in [3.05, 3.63) is 34.9 Å². The first-order valence-electron chi connectivity index (χ1n) is 7.89. The third kappa shape index (κ3) is 3.08. The fourth-order valence-electron chi connectivity index (χ4n) is 3.56. The molecule has 2 saturated heterocycles. The van der Waals surface area contributed by atoms with Gasteiger partial charge in [0.2, 0.25) is 5.91 Å². The van der Waals surface area contributed by atoms with Gasteiger partial charge in [0.25, 0.3) is 0 Å². The average Bonchev–Trinajstić information content (AvgIpc) is 3.05. The molecule has 2 heterocycles. The lowest BCUT2D eigenvalue weighted by Crippen LogP contribution is -2.49. The second-order valence-corrected chi connectivity index (χ2v) is 6.71. The van der Waals surface area contributed by atoms with Crippen molar-refractivity contribution in [2.24, 2.45) is 5.92 Å². The maximum Gasteiger partial charge on any atom is 0.308 e. The highest BCUT2D eigenvalue weighted by atomic mass is 35.5. The quantitative estimate of drug-likeness (QED) is 0.919. The molecule has 6 heteroatoms. The van der Waals surface area contributed by atoms with E-state index in [9.17, 15) is 9.59 Å². The molecule has 2 fully saturated rings. The lowest BCUT2D eigenvalue weighted by atomic mass is 9.73. The van der Waals surface area contributed by atoms with Crippen molar-refractivity contribution in [2.45, 2.75) is 24.7 Å². The number of aliphatic carboxylic acids is 1. The molecule has 1 amide bonds. The molecule has 1 aromatic rings.